The fourth-order valence-corrected chi connectivity index (χ4v) is 4.32. The van der Waals surface area contributed by atoms with Crippen LogP contribution < -0.4 is 15.1 Å². The van der Waals surface area contributed by atoms with Crippen LogP contribution in [-0.4, -0.2) is 41.6 Å². The third-order valence-corrected chi connectivity index (χ3v) is 5.79. The molecule has 0 saturated carbocycles. The first-order chi connectivity index (χ1) is 12.7. The number of carbonyl (C=O) groups is 2. The average Bonchev–Trinajstić information content (AvgIpc) is 3.41. The molecular formula is C17H21N5O3S. The van der Waals surface area contributed by atoms with Gasteiger partial charge < -0.3 is 14.6 Å². The van der Waals surface area contributed by atoms with Crippen LogP contribution in [0.4, 0.5) is 10.3 Å². The van der Waals surface area contributed by atoms with Gasteiger partial charge in [-0.2, -0.15) is 0 Å². The molecule has 0 radical (unpaired) electrons. The van der Waals surface area contributed by atoms with Crippen LogP contribution in [0.2, 0.25) is 0 Å². The van der Waals surface area contributed by atoms with E-state index in [4.69, 9.17) is 4.42 Å². The fourth-order valence-electron chi connectivity index (χ4n) is 3.39. The van der Waals surface area contributed by atoms with Crippen molar-refractivity contribution >= 4 is 33.4 Å². The van der Waals surface area contributed by atoms with Crippen molar-refractivity contribution in [2.24, 2.45) is 5.92 Å². The smallest absolute Gasteiger partial charge is 0.228 e. The zero-order valence-corrected chi connectivity index (χ0v) is 15.2. The molecule has 0 unspecified atom stereocenters. The SMILES string of the molecule is O=C(NCc1ccco1)[C@H]1CCCN(c2nnc(N3CCCC3=O)s2)C1. The highest BCUT2D eigenvalue weighted by molar-refractivity contribution is 7.19. The van der Waals surface area contributed by atoms with Crippen molar-refractivity contribution < 1.29 is 14.0 Å². The summed E-state index contributed by atoms with van der Waals surface area (Å²) in [6.45, 7) is 2.59. The number of furan rings is 1. The summed E-state index contributed by atoms with van der Waals surface area (Å²) < 4.78 is 5.25. The summed E-state index contributed by atoms with van der Waals surface area (Å²) in [6, 6.07) is 3.65. The maximum Gasteiger partial charge on any atom is 0.228 e. The van der Waals surface area contributed by atoms with Crippen molar-refractivity contribution in [1.29, 1.82) is 0 Å². The van der Waals surface area contributed by atoms with Gasteiger partial charge in [0.2, 0.25) is 22.1 Å². The van der Waals surface area contributed by atoms with Gasteiger partial charge in [-0.25, -0.2) is 0 Å². The van der Waals surface area contributed by atoms with Crippen LogP contribution in [0.5, 0.6) is 0 Å². The minimum absolute atomic E-state index is 0.0329. The Bertz CT molecular complexity index is 775. The molecule has 4 rings (SSSR count). The van der Waals surface area contributed by atoms with Gasteiger partial charge in [0, 0.05) is 26.1 Å². The lowest BCUT2D eigenvalue weighted by atomic mass is 9.97. The van der Waals surface area contributed by atoms with Crippen molar-refractivity contribution in [2.75, 3.05) is 29.4 Å². The van der Waals surface area contributed by atoms with E-state index in [-0.39, 0.29) is 17.7 Å². The van der Waals surface area contributed by atoms with Crippen LogP contribution in [0, 0.1) is 5.92 Å². The molecule has 0 bridgehead atoms. The number of amides is 2. The van der Waals surface area contributed by atoms with Gasteiger partial charge in [0.25, 0.3) is 0 Å². The Morgan fingerprint density at radius 1 is 1.31 bits per heavy atom. The number of aromatic nitrogens is 2. The minimum Gasteiger partial charge on any atom is -0.467 e. The van der Waals surface area contributed by atoms with Gasteiger partial charge in [-0.1, -0.05) is 11.3 Å². The van der Waals surface area contributed by atoms with E-state index in [9.17, 15) is 9.59 Å². The molecule has 138 valence electrons. The first-order valence-corrected chi connectivity index (χ1v) is 9.71. The summed E-state index contributed by atoms with van der Waals surface area (Å²) in [5, 5.41) is 12.8. The predicted molar refractivity (Wildman–Crippen MR) is 97.0 cm³/mol. The largest absolute Gasteiger partial charge is 0.467 e. The fraction of sp³-hybridized carbons (Fsp3) is 0.529. The maximum absolute atomic E-state index is 12.5. The topological polar surface area (TPSA) is 91.6 Å². The van der Waals surface area contributed by atoms with E-state index < -0.39 is 0 Å². The van der Waals surface area contributed by atoms with Crippen molar-refractivity contribution in [3.05, 3.63) is 24.2 Å². The first-order valence-electron chi connectivity index (χ1n) is 8.89. The number of piperidine rings is 1. The number of rotatable bonds is 5. The van der Waals surface area contributed by atoms with Crippen LogP contribution in [0.1, 0.15) is 31.4 Å². The van der Waals surface area contributed by atoms with Gasteiger partial charge in [0.15, 0.2) is 0 Å². The van der Waals surface area contributed by atoms with Crippen LogP contribution in [-0.2, 0) is 16.1 Å². The molecule has 26 heavy (non-hydrogen) atoms. The normalized spacial score (nSPS) is 20.6. The zero-order chi connectivity index (χ0) is 17.9. The number of carbonyl (C=O) groups excluding carboxylic acids is 2. The molecule has 0 aliphatic carbocycles. The van der Waals surface area contributed by atoms with Crippen LogP contribution in [0.3, 0.4) is 0 Å². The molecule has 2 amide bonds. The van der Waals surface area contributed by atoms with Crippen molar-refractivity contribution in [1.82, 2.24) is 15.5 Å². The molecule has 2 saturated heterocycles. The molecule has 2 aromatic heterocycles. The van der Waals surface area contributed by atoms with Gasteiger partial charge in [-0.05, 0) is 31.4 Å². The number of nitrogens with one attached hydrogen (secondary N) is 1. The first kappa shape index (κ1) is 17.0. The quantitative estimate of drug-likeness (QED) is 0.857. The lowest BCUT2D eigenvalue weighted by Gasteiger charge is -2.31. The van der Waals surface area contributed by atoms with Crippen LogP contribution in [0.15, 0.2) is 22.8 Å². The van der Waals surface area contributed by atoms with E-state index in [1.807, 2.05) is 12.1 Å². The average molecular weight is 375 g/mol. The molecule has 9 heteroatoms. The number of nitrogens with zero attached hydrogens (tertiary/aromatic N) is 4. The van der Waals surface area contributed by atoms with E-state index in [0.29, 0.717) is 31.2 Å². The third kappa shape index (κ3) is 3.57. The Morgan fingerprint density at radius 3 is 2.96 bits per heavy atom. The number of anilines is 2. The molecule has 8 nitrogen and oxygen atoms in total. The summed E-state index contributed by atoms with van der Waals surface area (Å²) in [5.41, 5.74) is 0. The lowest BCUT2D eigenvalue weighted by Crippen LogP contribution is -2.42. The highest BCUT2D eigenvalue weighted by atomic mass is 32.1. The monoisotopic (exact) mass is 375 g/mol. The molecule has 4 heterocycles. The lowest BCUT2D eigenvalue weighted by molar-refractivity contribution is -0.125. The van der Waals surface area contributed by atoms with Crippen LogP contribution in [0.25, 0.3) is 0 Å². The molecule has 1 N–H and O–H groups in total. The maximum atomic E-state index is 12.5. The zero-order valence-electron chi connectivity index (χ0n) is 14.4. The molecule has 2 aliphatic heterocycles. The van der Waals surface area contributed by atoms with Gasteiger partial charge in [0.1, 0.15) is 5.76 Å². The Balaban J connectivity index is 1.36. The van der Waals surface area contributed by atoms with E-state index in [1.54, 1.807) is 11.2 Å². The Morgan fingerprint density at radius 2 is 2.19 bits per heavy atom. The summed E-state index contributed by atoms with van der Waals surface area (Å²) in [5.74, 6) is 0.807. The highest BCUT2D eigenvalue weighted by Gasteiger charge is 2.30. The molecule has 0 aromatic carbocycles. The number of hydrogen-bond acceptors (Lipinski definition) is 7. The molecular weight excluding hydrogens is 354 g/mol. The van der Waals surface area contributed by atoms with Gasteiger partial charge in [-0.3, -0.25) is 14.5 Å². The summed E-state index contributed by atoms with van der Waals surface area (Å²) in [4.78, 5) is 28.1. The van der Waals surface area contributed by atoms with Gasteiger partial charge >= 0.3 is 0 Å². The van der Waals surface area contributed by atoms with Crippen LogP contribution >= 0.6 is 11.3 Å². The van der Waals surface area contributed by atoms with E-state index in [0.717, 1.165) is 36.7 Å². The molecule has 2 aliphatic rings. The molecule has 0 spiro atoms. The van der Waals surface area contributed by atoms with Crippen molar-refractivity contribution in [2.45, 2.75) is 32.2 Å². The second-order valence-electron chi connectivity index (χ2n) is 6.60. The molecule has 1 atom stereocenters. The molecule has 2 fully saturated rings. The summed E-state index contributed by atoms with van der Waals surface area (Å²) in [7, 11) is 0. The summed E-state index contributed by atoms with van der Waals surface area (Å²) >= 11 is 1.43. The third-order valence-electron chi connectivity index (χ3n) is 4.79. The Kier molecular flexibility index (Phi) is 4.87. The highest BCUT2D eigenvalue weighted by Crippen LogP contribution is 2.32. The molecule has 2 aromatic rings. The van der Waals surface area contributed by atoms with E-state index in [1.165, 1.54) is 11.3 Å². The standard InChI is InChI=1S/C17H21N5O3S/c23-14-6-2-8-22(14)17-20-19-16(26-17)21-7-1-4-12(11-21)15(24)18-10-13-5-3-9-25-13/h3,5,9,12H,1-2,4,6-8,10-11H2,(H,18,24)/t12-/m0/s1. The van der Waals surface area contributed by atoms with Crippen molar-refractivity contribution in [3.8, 4) is 0 Å². The van der Waals surface area contributed by atoms with Gasteiger partial charge in [-0.15, -0.1) is 10.2 Å². The Labute approximate surface area is 155 Å². The minimum atomic E-state index is -0.0838. The Hall–Kier alpha value is -2.42. The predicted octanol–water partition coefficient (Wildman–Crippen LogP) is 1.79. The van der Waals surface area contributed by atoms with E-state index >= 15 is 0 Å². The number of hydrogen-bond donors (Lipinski definition) is 1. The van der Waals surface area contributed by atoms with E-state index in [2.05, 4.69) is 20.4 Å². The second kappa shape index (κ2) is 7.45. The summed E-state index contributed by atoms with van der Waals surface area (Å²) in [6.07, 6.45) is 4.83. The second-order valence-corrected chi connectivity index (χ2v) is 7.53. The van der Waals surface area contributed by atoms with Crippen molar-refractivity contribution in [3.63, 3.8) is 0 Å². The van der Waals surface area contributed by atoms with Gasteiger partial charge in [0.05, 0.1) is 18.7 Å².